The van der Waals surface area contributed by atoms with E-state index in [1.807, 2.05) is 80.6 Å². The van der Waals surface area contributed by atoms with Crippen LogP contribution in [0.25, 0.3) is 16.9 Å². The van der Waals surface area contributed by atoms with Gasteiger partial charge in [-0.25, -0.2) is 0 Å². The average molecular weight is 485 g/mol. The summed E-state index contributed by atoms with van der Waals surface area (Å²) in [6.45, 7) is 5.06. The van der Waals surface area contributed by atoms with Crippen molar-refractivity contribution in [2.75, 3.05) is 27.4 Å². The highest BCUT2D eigenvalue weighted by Crippen LogP contribution is 2.31. The molecular weight excluding hydrogens is 452 g/mol. The quantitative estimate of drug-likeness (QED) is 0.307. The van der Waals surface area contributed by atoms with E-state index in [9.17, 15) is 4.79 Å². The molecule has 0 aliphatic heterocycles. The first kappa shape index (κ1) is 24.9. The third kappa shape index (κ3) is 5.38. The normalized spacial score (nSPS) is 10.7. The number of nitrogens with one attached hydrogen (secondary N) is 1. The molecule has 0 unspecified atom stereocenters. The van der Waals surface area contributed by atoms with E-state index in [1.54, 1.807) is 14.2 Å². The fourth-order valence-corrected chi connectivity index (χ4v) is 4.30. The number of benzene rings is 3. The number of carbonyl (C=O) groups is 1. The molecule has 3 aromatic carbocycles. The summed E-state index contributed by atoms with van der Waals surface area (Å²) in [5, 5.41) is 3.08. The Morgan fingerprint density at radius 3 is 2.28 bits per heavy atom. The van der Waals surface area contributed by atoms with Crippen LogP contribution >= 0.6 is 0 Å². The molecule has 1 heterocycles. The van der Waals surface area contributed by atoms with Crippen LogP contribution in [-0.4, -0.2) is 37.8 Å². The molecular formula is C30H32N2O4. The summed E-state index contributed by atoms with van der Waals surface area (Å²) in [6, 6.07) is 25.8. The van der Waals surface area contributed by atoms with E-state index >= 15 is 0 Å². The second kappa shape index (κ2) is 11.5. The second-order valence-corrected chi connectivity index (χ2v) is 8.35. The van der Waals surface area contributed by atoms with Crippen molar-refractivity contribution in [1.82, 2.24) is 9.88 Å². The molecule has 0 aliphatic carbocycles. The van der Waals surface area contributed by atoms with E-state index in [4.69, 9.17) is 14.2 Å². The molecule has 0 spiro atoms. The van der Waals surface area contributed by atoms with Gasteiger partial charge < -0.3 is 24.1 Å². The molecule has 36 heavy (non-hydrogen) atoms. The Morgan fingerprint density at radius 2 is 1.61 bits per heavy atom. The van der Waals surface area contributed by atoms with Gasteiger partial charge in [0, 0.05) is 17.9 Å². The van der Waals surface area contributed by atoms with Crippen molar-refractivity contribution in [3.8, 4) is 34.2 Å². The number of methoxy groups -OCH3 is 2. The zero-order valence-electron chi connectivity index (χ0n) is 21.2. The van der Waals surface area contributed by atoms with Gasteiger partial charge >= 0.3 is 0 Å². The lowest BCUT2D eigenvalue weighted by Gasteiger charge is -2.13. The predicted molar refractivity (Wildman–Crippen MR) is 143 cm³/mol. The number of hydrogen-bond donors (Lipinski definition) is 1. The van der Waals surface area contributed by atoms with Gasteiger partial charge in [-0.05, 0) is 73.9 Å². The van der Waals surface area contributed by atoms with Crippen molar-refractivity contribution >= 4 is 5.91 Å². The molecule has 0 fully saturated rings. The third-order valence-electron chi connectivity index (χ3n) is 6.11. The smallest absolute Gasteiger partial charge is 0.253 e. The van der Waals surface area contributed by atoms with E-state index in [-0.39, 0.29) is 5.91 Å². The zero-order valence-corrected chi connectivity index (χ0v) is 21.2. The monoisotopic (exact) mass is 484 g/mol. The molecule has 6 heteroatoms. The fourth-order valence-electron chi connectivity index (χ4n) is 4.30. The van der Waals surface area contributed by atoms with E-state index in [0.717, 1.165) is 34.0 Å². The Labute approximate surface area is 212 Å². The van der Waals surface area contributed by atoms with E-state index in [0.29, 0.717) is 36.6 Å². The molecule has 1 amide bonds. The highest BCUT2D eigenvalue weighted by Gasteiger charge is 2.19. The van der Waals surface area contributed by atoms with Gasteiger partial charge in [-0.1, -0.05) is 36.4 Å². The van der Waals surface area contributed by atoms with Gasteiger partial charge in [-0.3, -0.25) is 4.79 Å². The van der Waals surface area contributed by atoms with Gasteiger partial charge in [0.2, 0.25) is 0 Å². The van der Waals surface area contributed by atoms with Gasteiger partial charge in [0.1, 0.15) is 5.75 Å². The maximum atomic E-state index is 13.3. The average Bonchev–Trinajstić information content (AvgIpc) is 3.26. The van der Waals surface area contributed by atoms with Gasteiger partial charge in [0.15, 0.2) is 11.5 Å². The summed E-state index contributed by atoms with van der Waals surface area (Å²) in [4.78, 5) is 13.3. The number of hydrogen-bond acceptors (Lipinski definition) is 4. The molecule has 0 bridgehead atoms. The van der Waals surface area contributed by atoms with Crippen LogP contribution in [0.5, 0.6) is 17.2 Å². The maximum Gasteiger partial charge on any atom is 0.253 e. The molecule has 0 saturated heterocycles. The van der Waals surface area contributed by atoms with Crippen LogP contribution in [0.1, 0.15) is 28.5 Å². The maximum absolute atomic E-state index is 13.3. The third-order valence-corrected chi connectivity index (χ3v) is 6.11. The summed E-state index contributed by atoms with van der Waals surface area (Å²) in [5.41, 5.74) is 5.55. The summed E-state index contributed by atoms with van der Waals surface area (Å²) in [7, 11) is 3.23. The lowest BCUT2D eigenvalue weighted by molar-refractivity contribution is 0.0953. The van der Waals surface area contributed by atoms with Crippen molar-refractivity contribution in [3.05, 3.63) is 95.7 Å². The van der Waals surface area contributed by atoms with Crippen LogP contribution < -0.4 is 19.5 Å². The van der Waals surface area contributed by atoms with Crippen molar-refractivity contribution in [3.63, 3.8) is 0 Å². The lowest BCUT2D eigenvalue weighted by Crippen LogP contribution is -2.26. The fraction of sp³-hybridized carbons (Fsp3) is 0.233. The van der Waals surface area contributed by atoms with Crippen molar-refractivity contribution in [1.29, 1.82) is 0 Å². The number of nitrogens with zero attached hydrogens (tertiary/aromatic N) is 1. The van der Waals surface area contributed by atoms with Gasteiger partial charge in [0.25, 0.3) is 5.91 Å². The van der Waals surface area contributed by atoms with Gasteiger partial charge in [0.05, 0.1) is 32.1 Å². The Bertz CT molecular complexity index is 1310. The summed E-state index contributed by atoms with van der Waals surface area (Å²) in [6.07, 6.45) is 0.677. The number of aromatic nitrogens is 1. The SMILES string of the molecule is CCOc1ccc(-n2c(-c3ccccc3)cc(C(=O)NCCc3ccc(OC)c(OC)c3)c2C)cc1. The second-order valence-electron chi connectivity index (χ2n) is 8.35. The first-order chi connectivity index (χ1) is 17.5. The lowest BCUT2D eigenvalue weighted by atomic mass is 10.1. The van der Waals surface area contributed by atoms with Crippen LogP contribution in [0.3, 0.4) is 0 Å². The molecule has 1 aromatic heterocycles. The molecule has 186 valence electrons. The highest BCUT2D eigenvalue weighted by atomic mass is 16.5. The Kier molecular flexibility index (Phi) is 7.95. The predicted octanol–water partition coefficient (Wildman–Crippen LogP) is 5.84. The topological polar surface area (TPSA) is 61.7 Å². The van der Waals surface area contributed by atoms with Gasteiger partial charge in [-0.15, -0.1) is 0 Å². The zero-order chi connectivity index (χ0) is 25.5. The van der Waals surface area contributed by atoms with Crippen molar-refractivity contribution in [2.45, 2.75) is 20.3 Å². The molecule has 4 rings (SSSR count). The largest absolute Gasteiger partial charge is 0.494 e. The number of ether oxygens (including phenoxy) is 3. The van der Waals surface area contributed by atoms with E-state index < -0.39 is 0 Å². The molecule has 0 saturated carbocycles. The Morgan fingerprint density at radius 1 is 0.889 bits per heavy atom. The molecule has 1 N–H and O–H groups in total. The molecule has 0 radical (unpaired) electrons. The molecule has 0 atom stereocenters. The minimum Gasteiger partial charge on any atom is -0.494 e. The number of carbonyl (C=O) groups excluding carboxylic acids is 1. The first-order valence-corrected chi connectivity index (χ1v) is 12.1. The number of rotatable bonds is 10. The summed E-state index contributed by atoms with van der Waals surface area (Å²) in [5.74, 6) is 2.08. The summed E-state index contributed by atoms with van der Waals surface area (Å²) < 4.78 is 18.4. The van der Waals surface area contributed by atoms with E-state index in [2.05, 4.69) is 22.0 Å². The molecule has 6 nitrogen and oxygen atoms in total. The summed E-state index contributed by atoms with van der Waals surface area (Å²) >= 11 is 0. The first-order valence-electron chi connectivity index (χ1n) is 12.1. The number of amides is 1. The van der Waals surface area contributed by atoms with Crippen LogP contribution in [0, 0.1) is 6.92 Å². The highest BCUT2D eigenvalue weighted by molar-refractivity contribution is 5.97. The molecule has 0 aliphatic rings. The van der Waals surface area contributed by atoms with Crippen LogP contribution in [0.15, 0.2) is 78.9 Å². The minimum absolute atomic E-state index is 0.102. The van der Waals surface area contributed by atoms with Crippen molar-refractivity contribution in [2.24, 2.45) is 0 Å². The standard InChI is InChI=1S/C30H32N2O4/c1-5-36-25-14-12-24(13-15-25)32-21(2)26(20-27(32)23-9-7-6-8-10-23)30(33)31-18-17-22-11-16-28(34-3)29(19-22)35-4/h6-16,19-20H,5,17-18H2,1-4H3,(H,31,33). The van der Waals surface area contributed by atoms with Gasteiger partial charge in [-0.2, -0.15) is 0 Å². The minimum atomic E-state index is -0.102. The van der Waals surface area contributed by atoms with Crippen molar-refractivity contribution < 1.29 is 19.0 Å². The van der Waals surface area contributed by atoms with Crippen LogP contribution in [0.2, 0.25) is 0 Å². The molecule has 4 aromatic rings. The van der Waals surface area contributed by atoms with Crippen LogP contribution in [-0.2, 0) is 6.42 Å². The van der Waals surface area contributed by atoms with Crippen LogP contribution in [0.4, 0.5) is 0 Å². The Hall–Kier alpha value is -4.19. The Balaban J connectivity index is 1.58. The van der Waals surface area contributed by atoms with E-state index in [1.165, 1.54) is 0 Å².